The van der Waals surface area contributed by atoms with E-state index >= 15 is 0 Å². The minimum absolute atomic E-state index is 0.0501. The molecule has 0 spiro atoms. The molecule has 1 heterocycles. The molecule has 120 valence electrons. The Hall–Kier alpha value is -2.33. The average Bonchev–Trinajstić information content (AvgIpc) is 2.62. The fraction of sp³-hybridized carbons (Fsp3) is 0.316. The van der Waals surface area contributed by atoms with Gasteiger partial charge in [0.2, 0.25) is 0 Å². The van der Waals surface area contributed by atoms with Gasteiger partial charge in [0.15, 0.2) is 0 Å². The highest BCUT2D eigenvalue weighted by molar-refractivity contribution is 5.95. The molecule has 2 aromatic rings. The Morgan fingerprint density at radius 3 is 2.65 bits per heavy atom. The van der Waals surface area contributed by atoms with Crippen LogP contribution in [-0.2, 0) is 4.74 Å². The molecule has 0 saturated carbocycles. The van der Waals surface area contributed by atoms with Gasteiger partial charge in [-0.2, -0.15) is 0 Å². The highest BCUT2D eigenvalue weighted by Gasteiger charge is 2.26. The molecule has 4 heteroatoms. The standard InChI is InChI=1S/C19H22N2O2/c1-20(2)17-10-6-9-16(13-17)19(22)21-11-12-23-18(14-21)15-7-4-3-5-8-15/h3-10,13,18H,11-12,14H2,1-2H3. The van der Waals surface area contributed by atoms with E-state index in [1.54, 1.807) is 0 Å². The lowest BCUT2D eigenvalue weighted by Gasteiger charge is -2.33. The van der Waals surface area contributed by atoms with Gasteiger partial charge >= 0.3 is 0 Å². The summed E-state index contributed by atoms with van der Waals surface area (Å²) in [6.07, 6.45) is -0.0501. The van der Waals surface area contributed by atoms with Crippen LogP contribution in [0, 0.1) is 0 Å². The second-order valence-corrected chi connectivity index (χ2v) is 5.97. The molecule has 23 heavy (non-hydrogen) atoms. The quantitative estimate of drug-likeness (QED) is 0.874. The van der Waals surface area contributed by atoms with E-state index in [9.17, 15) is 4.79 Å². The Morgan fingerprint density at radius 1 is 1.13 bits per heavy atom. The first kappa shape index (κ1) is 15.6. The van der Waals surface area contributed by atoms with E-state index in [1.165, 1.54) is 0 Å². The first-order valence-corrected chi connectivity index (χ1v) is 7.88. The van der Waals surface area contributed by atoms with Gasteiger partial charge in [-0.05, 0) is 23.8 Å². The van der Waals surface area contributed by atoms with Gasteiger partial charge in [0, 0.05) is 31.9 Å². The second kappa shape index (κ2) is 6.84. The Morgan fingerprint density at radius 2 is 1.91 bits per heavy atom. The first-order chi connectivity index (χ1) is 11.1. The number of hydrogen-bond acceptors (Lipinski definition) is 3. The number of rotatable bonds is 3. The summed E-state index contributed by atoms with van der Waals surface area (Å²) in [4.78, 5) is 16.7. The molecule has 1 fully saturated rings. The van der Waals surface area contributed by atoms with E-state index in [2.05, 4.69) is 0 Å². The van der Waals surface area contributed by atoms with Crippen LogP contribution in [0.3, 0.4) is 0 Å². The molecule has 0 N–H and O–H groups in total. The largest absolute Gasteiger partial charge is 0.378 e. The Labute approximate surface area is 137 Å². The van der Waals surface area contributed by atoms with Crippen LogP contribution in [0.5, 0.6) is 0 Å². The second-order valence-electron chi connectivity index (χ2n) is 5.97. The fourth-order valence-electron chi connectivity index (χ4n) is 2.80. The van der Waals surface area contributed by atoms with Crippen molar-refractivity contribution in [3.05, 3.63) is 65.7 Å². The van der Waals surface area contributed by atoms with Crippen molar-refractivity contribution < 1.29 is 9.53 Å². The number of carbonyl (C=O) groups is 1. The molecule has 3 rings (SSSR count). The Balaban J connectivity index is 1.76. The van der Waals surface area contributed by atoms with E-state index < -0.39 is 0 Å². The number of ether oxygens (including phenoxy) is 1. The first-order valence-electron chi connectivity index (χ1n) is 7.88. The van der Waals surface area contributed by atoms with Crippen molar-refractivity contribution in [3.8, 4) is 0 Å². The van der Waals surface area contributed by atoms with Crippen LogP contribution in [0.4, 0.5) is 5.69 Å². The zero-order valence-electron chi connectivity index (χ0n) is 13.6. The number of benzene rings is 2. The zero-order valence-corrected chi connectivity index (χ0v) is 13.6. The molecule has 0 bridgehead atoms. The Bertz CT molecular complexity index is 670. The number of hydrogen-bond donors (Lipinski definition) is 0. The molecule has 1 amide bonds. The summed E-state index contributed by atoms with van der Waals surface area (Å²) in [5.41, 5.74) is 2.88. The van der Waals surface area contributed by atoms with Crippen LogP contribution < -0.4 is 4.90 Å². The van der Waals surface area contributed by atoms with Crippen molar-refractivity contribution in [1.29, 1.82) is 0 Å². The van der Waals surface area contributed by atoms with Crippen molar-refractivity contribution >= 4 is 11.6 Å². The van der Waals surface area contributed by atoms with E-state index in [0.29, 0.717) is 19.7 Å². The molecule has 0 aromatic heterocycles. The monoisotopic (exact) mass is 310 g/mol. The fourth-order valence-corrected chi connectivity index (χ4v) is 2.80. The molecular weight excluding hydrogens is 288 g/mol. The third kappa shape index (κ3) is 3.54. The normalized spacial score (nSPS) is 17.8. The van der Waals surface area contributed by atoms with Crippen LogP contribution in [0.15, 0.2) is 54.6 Å². The molecule has 1 aliphatic rings. The molecule has 1 saturated heterocycles. The minimum atomic E-state index is -0.0501. The maximum Gasteiger partial charge on any atom is 0.254 e. The Kier molecular flexibility index (Phi) is 4.63. The van der Waals surface area contributed by atoms with Gasteiger partial charge in [-0.25, -0.2) is 0 Å². The van der Waals surface area contributed by atoms with Crippen LogP contribution in [-0.4, -0.2) is 44.6 Å². The summed E-state index contributed by atoms with van der Waals surface area (Å²) >= 11 is 0. The van der Waals surface area contributed by atoms with E-state index in [1.807, 2.05) is 78.5 Å². The molecular formula is C19H22N2O2. The van der Waals surface area contributed by atoms with Gasteiger partial charge in [0.05, 0.1) is 13.2 Å². The number of amides is 1. The maximum atomic E-state index is 12.8. The highest BCUT2D eigenvalue weighted by Crippen LogP contribution is 2.23. The van der Waals surface area contributed by atoms with Crippen molar-refractivity contribution in [2.45, 2.75) is 6.10 Å². The number of carbonyl (C=O) groups excluding carboxylic acids is 1. The maximum absolute atomic E-state index is 12.8. The van der Waals surface area contributed by atoms with Crippen molar-refractivity contribution in [2.75, 3.05) is 38.7 Å². The third-order valence-corrected chi connectivity index (χ3v) is 4.13. The average molecular weight is 310 g/mol. The number of anilines is 1. The number of morpholine rings is 1. The van der Waals surface area contributed by atoms with E-state index in [0.717, 1.165) is 16.8 Å². The summed E-state index contributed by atoms with van der Waals surface area (Å²) in [7, 11) is 3.95. The third-order valence-electron chi connectivity index (χ3n) is 4.13. The van der Waals surface area contributed by atoms with Crippen LogP contribution in [0.1, 0.15) is 22.0 Å². The van der Waals surface area contributed by atoms with Gasteiger partial charge in [-0.3, -0.25) is 4.79 Å². The summed E-state index contributed by atoms with van der Waals surface area (Å²) < 4.78 is 5.84. The molecule has 0 aliphatic carbocycles. The topological polar surface area (TPSA) is 32.8 Å². The summed E-state index contributed by atoms with van der Waals surface area (Å²) in [6, 6.07) is 17.8. The van der Waals surface area contributed by atoms with Gasteiger partial charge in [0.25, 0.3) is 5.91 Å². The molecule has 1 aliphatic heterocycles. The molecule has 2 aromatic carbocycles. The zero-order chi connectivity index (χ0) is 16.2. The van der Waals surface area contributed by atoms with Crippen LogP contribution >= 0.6 is 0 Å². The van der Waals surface area contributed by atoms with Crippen molar-refractivity contribution in [1.82, 2.24) is 4.90 Å². The minimum Gasteiger partial charge on any atom is -0.378 e. The predicted molar refractivity (Wildman–Crippen MR) is 91.8 cm³/mol. The van der Waals surface area contributed by atoms with Gasteiger partial charge < -0.3 is 14.5 Å². The van der Waals surface area contributed by atoms with E-state index in [-0.39, 0.29) is 12.0 Å². The van der Waals surface area contributed by atoms with Crippen molar-refractivity contribution in [3.63, 3.8) is 0 Å². The molecule has 1 atom stereocenters. The summed E-state index contributed by atoms with van der Waals surface area (Å²) in [5, 5.41) is 0. The summed E-state index contributed by atoms with van der Waals surface area (Å²) in [6.45, 7) is 1.79. The molecule has 4 nitrogen and oxygen atoms in total. The summed E-state index contributed by atoms with van der Waals surface area (Å²) in [5.74, 6) is 0.0675. The number of nitrogens with zero attached hydrogens (tertiary/aromatic N) is 2. The molecule has 0 radical (unpaired) electrons. The molecule has 1 unspecified atom stereocenters. The van der Waals surface area contributed by atoms with E-state index in [4.69, 9.17) is 4.74 Å². The lowest BCUT2D eigenvalue weighted by atomic mass is 10.1. The van der Waals surface area contributed by atoms with Gasteiger partial charge in [-0.15, -0.1) is 0 Å². The predicted octanol–water partition coefficient (Wildman–Crippen LogP) is 2.97. The van der Waals surface area contributed by atoms with Gasteiger partial charge in [0.1, 0.15) is 6.10 Å². The lowest BCUT2D eigenvalue weighted by Crippen LogP contribution is -2.42. The van der Waals surface area contributed by atoms with Gasteiger partial charge in [-0.1, -0.05) is 36.4 Å². The smallest absolute Gasteiger partial charge is 0.254 e. The highest BCUT2D eigenvalue weighted by atomic mass is 16.5. The van der Waals surface area contributed by atoms with Crippen LogP contribution in [0.25, 0.3) is 0 Å². The van der Waals surface area contributed by atoms with Crippen molar-refractivity contribution in [2.24, 2.45) is 0 Å². The van der Waals surface area contributed by atoms with Crippen LogP contribution in [0.2, 0.25) is 0 Å². The SMILES string of the molecule is CN(C)c1cccc(C(=O)N2CCOC(c3ccccc3)C2)c1. The lowest BCUT2D eigenvalue weighted by molar-refractivity contribution is -0.0228.